The van der Waals surface area contributed by atoms with E-state index in [-0.39, 0.29) is 16.3 Å². The van der Waals surface area contributed by atoms with Gasteiger partial charge in [0.05, 0.1) is 16.2 Å². The van der Waals surface area contributed by atoms with E-state index in [4.69, 9.17) is 14.5 Å². The monoisotopic (exact) mass is 488 g/mol. The van der Waals surface area contributed by atoms with E-state index in [1.807, 2.05) is 14.0 Å². The molecule has 0 atom stereocenters. The molecule has 11 nitrogen and oxygen atoms in total. The minimum Gasteiger partial charge on any atom is -0.486 e. The first-order valence-electron chi connectivity index (χ1n) is 11.4. The predicted molar refractivity (Wildman–Crippen MR) is 126 cm³/mol. The lowest BCUT2D eigenvalue weighted by atomic mass is 10.1. The Balaban J connectivity index is 1.68. The minimum atomic E-state index is -3.78. The molecular formula is C22H28N6O5S. The van der Waals surface area contributed by atoms with E-state index in [0.29, 0.717) is 73.9 Å². The van der Waals surface area contributed by atoms with Crippen LogP contribution in [0.1, 0.15) is 19.0 Å². The number of hydrogen-bond donors (Lipinski definition) is 1. The van der Waals surface area contributed by atoms with Crippen molar-refractivity contribution in [3.63, 3.8) is 0 Å². The number of likely N-dealkylation sites (N-methyl/N-ethyl adjacent to an activating group) is 1. The summed E-state index contributed by atoms with van der Waals surface area (Å²) in [5, 5.41) is 4.46. The number of fused-ring (bicyclic) bond motifs is 2. The average molecular weight is 489 g/mol. The number of nitrogens with zero attached hydrogens (tertiary/aromatic N) is 5. The Morgan fingerprint density at radius 2 is 1.82 bits per heavy atom. The summed E-state index contributed by atoms with van der Waals surface area (Å²) in [5.74, 6) is 0.909. The van der Waals surface area contributed by atoms with Gasteiger partial charge in [-0.1, -0.05) is 13.3 Å². The summed E-state index contributed by atoms with van der Waals surface area (Å²) in [5.41, 5.74) is 1.62. The molecule has 2 aliphatic rings. The van der Waals surface area contributed by atoms with Crippen LogP contribution in [0.3, 0.4) is 0 Å². The van der Waals surface area contributed by atoms with Crippen LogP contribution in [-0.4, -0.2) is 83.8 Å². The molecule has 0 saturated carbocycles. The lowest BCUT2D eigenvalue weighted by Crippen LogP contribution is -2.47. The topological polar surface area (TPSA) is 123 Å². The van der Waals surface area contributed by atoms with Crippen LogP contribution in [-0.2, 0) is 23.5 Å². The van der Waals surface area contributed by atoms with Gasteiger partial charge in [0.1, 0.15) is 24.6 Å². The number of ether oxygens (including phenoxy) is 2. The molecule has 0 aliphatic carbocycles. The van der Waals surface area contributed by atoms with Crippen LogP contribution in [0.5, 0.6) is 11.5 Å². The maximum absolute atomic E-state index is 13.5. The van der Waals surface area contributed by atoms with E-state index >= 15 is 0 Å². The van der Waals surface area contributed by atoms with Crippen molar-refractivity contribution in [2.24, 2.45) is 7.05 Å². The number of aryl methyl sites for hydroxylation is 2. The van der Waals surface area contributed by atoms with Crippen LogP contribution in [0.2, 0.25) is 0 Å². The SMILES string of the molecule is CCCc1nn(C)c2c(=O)[nH]c(-c3cc(S(=O)(=O)N4CCN(C)CC4)cc4c3OCCO4)nc12. The molecule has 0 unspecified atom stereocenters. The highest BCUT2D eigenvalue weighted by atomic mass is 32.2. The van der Waals surface area contributed by atoms with Gasteiger partial charge in [-0.15, -0.1) is 0 Å². The van der Waals surface area contributed by atoms with E-state index < -0.39 is 10.0 Å². The van der Waals surface area contributed by atoms with E-state index in [9.17, 15) is 13.2 Å². The standard InChI is InChI=1S/C22H28N6O5S/c1-4-5-16-18-19(27(3)25-16)22(29)24-21(23-18)15-12-14(13-17-20(15)33-11-10-32-17)34(30,31)28-8-6-26(2)7-9-28/h12-13H,4-11H2,1-3H3,(H,23,24,29). The third kappa shape index (κ3) is 3.85. The zero-order chi connectivity index (χ0) is 24.0. The first kappa shape index (κ1) is 22.8. The number of piperazine rings is 1. The van der Waals surface area contributed by atoms with E-state index in [1.54, 1.807) is 7.05 Å². The molecule has 2 aromatic heterocycles. The molecule has 34 heavy (non-hydrogen) atoms. The van der Waals surface area contributed by atoms with Crippen molar-refractivity contribution in [2.45, 2.75) is 24.7 Å². The maximum Gasteiger partial charge on any atom is 0.277 e. The zero-order valence-corrected chi connectivity index (χ0v) is 20.3. The lowest BCUT2D eigenvalue weighted by molar-refractivity contribution is 0.171. The molecule has 0 radical (unpaired) electrons. The minimum absolute atomic E-state index is 0.0824. The Bertz CT molecular complexity index is 1410. The number of aromatic nitrogens is 4. The normalized spacial score (nSPS) is 17.4. The van der Waals surface area contributed by atoms with E-state index in [0.717, 1.165) is 12.1 Å². The molecule has 1 aromatic carbocycles. The fourth-order valence-corrected chi connectivity index (χ4v) is 5.88. The molecular weight excluding hydrogens is 460 g/mol. The highest BCUT2D eigenvalue weighted by Gasteiger charge is 2.31. The van der Waals surface area contributed by atoms with Crippen molar-refractivity contribution in [3.05, 3.63) is 28.2 Å². The predicted octanol–water partition coefficient (Wildman–Crippen LogP) is 0.983. The van der Waals surface area contributed by atoms with Gasteiger partial charge in [-0.2, -0.15) is 9.40 Å². The average Bonchev–Trinajstić information content (AvgIpc) is 3.14. The van der Waals surface area contributed by atoms with Crippen molar-refractivity contribution in [2.75, 3.05) is 46.4 Å². The molecule has 0 amide bonds. The lowest BCUT2D eigenvalue weighted by Gasteiger charge is -2.32. The number of hydrogen-bond acceptors (Lipinski definition) is 8. The third-order valence-electron chi connectivity index (χ3n) is 6.22. The van der Waals surface area contributed by atoms with Crippen molar-refractivity contribution < 1.29 is 17.9 Å². The van der Waals surface area contributed by atoms with Crippen molar-refractivity contribution >= 4 is 21.1 Å². The van der Waals surface area contributed by atoms with E-state index in [2.05, 4.69) is 15.0 Å². The first-order chi connectivity index (χ1) is 16.3. The van der Waals surface area contributed by atoms with Gasteiger partial charge in [0.2, 0.25) is 10.0 Å². The van der Waals surface area contributed by atoms with Gasteiger partial charge in [0.25, 0.3) is 5.56 Å². The van der Waals surface area contributed by atoms with Gasteiger partial charge >= 0.3 is 0 Å². The second kappa shape index (κ2) is 8.67. The number of benzene rings is 1. The number of H-pyrrole nitrogens is 1. The van der Waals surface area contributed by atoms with Crippen LogP contribution >= 0.6 is 0 Å². The van der Waals surface area contributed by atoms with Crippen LogP contribution < -0.4 is 15.0 Å². The second-order valence-corrected chi connectivity index (χ2v) is 10.6. The fraction of sp³-hybridized carbons (Fsp3) is 0.500. The molecule has 2 aliphatic heterocycles. The van der Waals surface area contributed by atoms with Gasteiger partial charge in [0, 0.05) is 39.3 Å². The number of aromatic amines is 1. The third-order valence-corrected chi connectivity index (χ3v) is 8.10. The van der Waals surface area contributed by atoms with Crippen molar-refractivity contribution in [1.29, 1.82) is 0 Å². The molecule has 12 heteroatoms. The Morgan fingerprint density at radius 3 is 2.56 bits per heavy atom. The Hall–Kier alpha value is -2.96. The van der Waals surface area contributed by atoms with Crippen molar-refractivity contribution in [3.8, 4) is 22.9 Å². The molecule has 3 aromatic rings. The molecule has 182 valence electrons. The number of rotatable bonds is 5. The molecule has 5 rings (SSSR count). The Morgan fingerprint density at radius 1 is 1.09 bits per heavy atom. The zero-order valence-electron chi connectivity index (χ0n) is 19.5. The summed E-state index contributed by atoms with van der Waals surface area (Å²) in [7, 11) is -0.104. The Labute approximate surface area is 197 Å². The maximum atomic E-state index is 13.5. The van der Waals surface area contributed by atoms with Gasteiger partial charge in [-0.25, -0.2) is 13.4 Å². The Kier molecular flexibility index (Phi) is 5.82. The van der Waals surface area contributed by atoms with Gasteiger partial charge < -0.3 is 19.4 Å². The molecule has 1 saturated heterocycles. The highest BCUT2D eigenvalue weighted by Crippen LogP contribution is 2.41. The summed E-state index contributed by atoms with van der Waals surface area (Å²) in [6.45, 7) is 4.76. The van der Waals surface area contributed by atoms with Crippen LogP contribution in [0.15, 0.2) is 21.8 Å². The van der Waals surface area contributed by atoms with Crippen LogP contribution in [0.4, 0.5) is 0 Å². The van der Waals surface area contributed by atoms with Crippen LogP contribution in [0, 0.1) is 0 Å². The van der Waals surface area contributed by atoms with Gasteiger partial charge in [-0.05, 0) is 19.5 Å². The first-order valence-corrected chi connectivity index (χ1v) is 12.8. The number of nitrogens with one attached hydrogen (secondary N) is 1. The summed E-state index contributed by atoms with van der Waals surface area (Å²) in [6.07, 6.45) is 1.52. The summed E-state index contributed by atoms with van der Waals surface area (Å²) in [6, 6.07) is 3.01. The van der Waals surface area contributed by atoms with E-state index in [1.165, 1.54) is 21.1 Å². The largest absolute Gasteiger partial charge is 0.486 e. The van der Waals surface area contributed by atoms with Crippen LogP contribution in [0.25, 0.3) is 22.4 Å². The highest BCUT2D eigenvalue weighted by molar-refractivity contribution is 7.89. The second-order valence-electron chi connectivity index (χ2n) is 8.63. The molecule has 0 bridgehead atoms. The van der Waals surface area contributed by atoms with Crippen molar-refractivity contribution in [1.82, 2.24) is 29.0 Å². The molecule has 0 spiro atoms. The fourth-order valence-electron chi connectivity index (χ4n) is 4.41. The van der Waals surface area contributed by atoms with Gasteiger partial charge in [-0.3, -0.25) is 9.48 Å². The van der Waals surface area contributed by atoms with Gasteiger partial charge in [0.15, 0.2) is 17.0 Å². The molecule has 1 N–H and O–H groups in total. The smallest absolute Gasteiger partial charge is 0.277 e. The molecule has 4 heterocycles. The quantitative estimate of drug-likeness (QED) is 0.564. The summed E-state index contributed by atoms with van der Waals surface area (Å²) >= 11 is 0. The molecule has 1 fully saturated rings. The summed E-state index contributed by atoms with van der Waals surface area (Å²) < 4.78 is 41.6. The number of sulfonamides is 1. The summed E-state index contributed by atoms with van der Waals surface area (Å²) in [4.78, 5) is 22.7.